The van der Waals surface area contributed by atoms with Crippen molar-refractivity contribution in [3.8, 4) is 11.1 Å². The zero-order chi connectivity index (χ0) is 30.9. The molecule has 5 aliphatic carbocycles. The fourth-order valence-electron chi connectivity index (χ4n) is 8.87. The van der Waals surface area contributed by atoms with Gasteiger partial charge in [-0.3, -0.25) is 0 Å². The first-order valence-corrected chi connectivity index (χ1v) is 18.2. The molecule has 240 valence electrons. The Morgan fingerprint density at radius 2 is 1.23 bits per heavy atom. The molecule has 3 heteroatoms. The van der Waals surface area contributed by atoms with Crippen LogP contribution < -0.4 is 24.8 Å². The third-order valence-electron chi connectivity index (χ3n) is 10.8. The van der Waals surface area contributed by atoms with Crippen LogP contribution in [-0.4, -0.2) is 3.21 Å². The molecule has 0 aliphatic heterocycles. The minimum atomic E-state index is 0. The zero-order valence-electron chi connectivity index (χ0n) is 27.8. The van der Waals surface area contributed by atoms with Crippen LogP contribution in [0, 0.1) is 50.5 Å². The molecule has 0 aromatic heterocycles. The minimum Gasteiger partial charge on any atom is -1.00 e. The molecule has 0 N–H and O–H groups in total. The quantitative estimate of drug-likeness (QED) is 0.231. The Morgan fingerprint density at radius 3 is 1.79 bits per heavy atom. The van der Waals surface area contributed by atoms with E-state index in [2.05, 4.69) is 130 Å². The molecule has 5 aliphatic rings. The minimum absolute atomic E-state index is 0. The maximum Gasteiger partial charge on any atom is -0.0253 e. The van der Waals surface area contributed by atoms with Gasteiger partial charge in [0.25, 0.3) is 0 Å². The van der Waals surface area contributed by atoms with Gasteiger partial charge in [-0.05, 0) is 62.2 Å². The van der Waals surface area contributed by atoms with Gasteiger partial charge in [0, 0.05) is 0 Å². The second-order valence-electron chi connectivity index (χ2n) is 14.2. The molecule has 4 saturated carbocycles. The SMILES string of the molecule is Cc1cc(C2C3CC4CC(C3)CC2C4)c[cH-]1.Cc1ccc([C](=[Zr+2])c2ccc(C)cc2)cc1.[Cl-].[Cl-].[c-]1cccc2c1Cc1ccccc1-2. The summed E-state index contributed by atoms with van der Waals surface area (Å²) >= 11 is 1.46. The van der Waals surface area contributed by atoms with Crippen molar-refractivity contribution < 1.29 is 49.0 Å². The first kappa shape index (κ1) is 35.9. The largest absolute Gasteiger partial charge is 1.00 e. The molecule has 5 aromatic carbocycles. The van der Waals surface area contributed by atoms with Crippen molar-refractivity contribution in [2.75, 3.05) is 0 Å². The molecule has 0 heterocycles. The normalized spacial score (nSPS) is 22.3. The van der Waals surface area contributed by atoms with Crippen LogP contribution in [0.1, 0.15) is 82.5 Å². The van der Waals surface area contributed by atoms with Crippen LogP contribution >= 0.6 is 0 Å². The van der Waals surface area contributed by atoms with Crippen molar-refractivity contribution in [1.82, 2.24) is 0 Å². The van der Waals surface area contributed by atoms with Gasteiger partial charge < -0.3 is 24.8 Å². The predicted octanol–water partition coefficient (Wildman–Crippen LogP) is 4.74. The summed E-state index contributed by atoms with van der Waals surface area (Å²) in [5, 5.41) is 0. The van der Waals surface area contributed by atoms with Crippen LogP contribution in [0.2, 0.25) is 0 Å². The predicted molar refractivity (Wildman–Crippen MR) is 186 cm³/mol. The van der Waals surface area contributed by atoms with Crippen molar-refractivity contribution in [3.63, 3.8) is 0 Å². The molecular formula is C44H44Cl2Zr-2. The Bertz CT molecular complexity index is 1660. The standard InChI is InChI=1S/C16H21.C15H14.C13H9.2ClH.Zr/c1-10-2-3-13(4-10)16-14-6-11-5-12(8-14)9-15(16)7-11;1-12-3-7-14(8-4-12)11-15-9-5-13(2)6-10-15;1-3-7-12-10(5-1)9-11-6-2-4-8-13(11)12;;;/h2-4,11-12,14-16H,5-9H2,1H3;3-10H,1-2H3;1-5,7-8H,9H2;2*1H;/q-1;;-1;;;+2/p-2. The number of halogens is 2. The summed E-state index contributed by atoms with van der Waals surface area (Å²) in [7, 11) is 0. The van der Waals surface area contributed by atoms with E-state index in [0.717, 1.165) is 36.0 Å². The number of hydrogen-bond acceptors (Lipinski definition) is 0. The van der Waals surface area contributed by atoms with E-state index in [9.17, 15) is 0 Å². The van der Waals surface area contributed by atoms with E-state index in [1.807, 2.05) is 6.07 Å². The summed E-state index contributed by atoms with van der Waals surface area (Å²) in [5.41, 5.74) is 14.0. The van der Waals surface area contributed by atoms with E-state index >= 15 is 0 Å². The summed E-state index contributed by atoms with van der Waals surface area (Å²) in [6, 6.07) is 42.8. The molecule has 0 radical (unpaired) electrons. The third-order valence-corrected chi connectivity index (χ3v) is 12.3. The summed E-state index contributed by atoms with van der Waals surface area (Å²) < 4.78 is 1.42. The van der Waals surface area contributed by atoms with Crippen LogP contribution in [-0.2, 0) is 30.7 Å². The molecule has 5 aromatic rings. The van der Waals surface area contributed by atoms with Gasteiger partial charge >= 0.3 is 112 Å². The van der Waals surface area contributed by atoms with Gasteiger partial charge in [0.1, 0.15) is 0 Å². The number of hydrogen-bond donors (Lipinski definition) is 0. The zero-order valence-corrected chi connectivity index (χ0v) is 31.7. The Labute approximate surface area is 309 Å². The van der Waals surface area contributed by atoms with Gasteiger partial charge in [0.05, 0.1) is 0 Å². The van der Waals surface area contributed by atoms with Crippen LogP contribution in [0.15, 0.2) is 109 Å². The monoisotopic (exact) mass is 732 g/mol. The number of aryl methyl sites for hydroxylation is 3. The molecule has 0 atom stereocenters. The van der Waals surface area contributed by atoms with E-state index in [4.69, 9.17) is 0 Å². The van der Waals surface area contributed by atoms with E-state index in [0.29, 0.717) is 0 Å². The van der Waals surface area contributed by atoms with E-state index in [-0.39, 0.29) is 24.8 Å². The van der Waals surface area contributed by atoms with Crippen LogP contribution in [0.25, 0.3) is 11.1 Å². The van der Waals surface area contributed by atoms with Crippen molar-refractivity contribution in [1.29, 1.82) is 0 Å². The first-order valence-electron chi connectivity index (χ1n) is 16.9. The fraction of sp³-hybridized carbons (Fsp3) is 0.318. The molecule has 0 amide bonds. The van der Waals surface area contributed by atoms with Gasteiger partial charge in [-0.15, -0.1) is 5.56 Å². The Hall–Kier alpha value is -2.44. The van der Waals surface area contributed by atoms with E-state index < -0.39 is 0 Å². The van der Waals surface area contributed by atoms with Crippen LogP contribution in [0.4, 0.5) is 0 Å². The average Bonchev–Trinajstić information content (AvgIpc) is 3.65. The topological polar surface area (TPSA) is 0 Å². The van der Waals surface area contributed by atoms with Gasteiger partial charge in [-0.25, -0.2) is 6.07 Å². The molecule has 0 saturated heterocycles. The molecule has 0 spiro atoms. The number of benzene rings is 4. The molecular weight excluding hydrogens is 691 g/mol. The van der Waals surface area contributed by atoms with E-state index in [1.165, 1.54) is 77.5 Å². The van der Waals surface area contributed by atoms with Crippen molar-refractivity contribution >= 4 is 3.21 Å². The molecule has 0 unspecified atom stereocenters. The Morgan fingerprint density at radius 1 is 0.681 bits per heavy atom. The molecule has 10 rings (SSSR count). The van der Waals surface area contributed by atoms with Crippen molar-refractivity contribution in [2.24, 2.45) is 23.7 Å². The summed E-state index contributed by atoms with van der Waals surface area (Å²) in [6.45, 7) is 6.48. The Balaban J connectivity index is 0.000000136. The number of fused-ring (bicyclic) bond motifs is 3. The van der Waals surface area contributed by atoms with Gasteiger partial charge in [0.2, 0.25) is 0 Å². The van der Waals surface area contributed by atoms with Crippen LogP contribution in [0.5, 0.6) is 0 Å². The second kappa shape index (κ2) is 15.9. The number of rotatable bonds is 3. The molecule has 4 fully saturated rings. The molecule has 47 heavy (non-hydrogen) atoms. The van der Waals surface area contributed by atoms with Gasteiger partial charge in [-0.2, -0.15) is 53.1 Å². The first-order chi connectivity index (χ1) is 21.9. The summed E-state index contributed by atoms with van der Waals surface area (Å²) in [4.78, 5) is 0. The maximum absolute atomic E-state index is 3.30. The van der Waals surface area contributed by atoms with Gasteiger partial charge in [0.15, 0.2) is 0 Å². The average molecular weight is 735 g/mol. The van der Waals surface area contributed by atoms with E-state index in [1.54, 1.807) is 37.7 Å². The van der Waals surface area contributed by atoms with Crippen molar-refractivity contribution in [2.45, 2.75) is 65.2 Å². The second-order valence-corrected chi connectivity index (χ2v) is 15.4. The van der Waals surface area contributed by atoms with Gasteiger partial charge in [-0.1, -0.05) is 48.2 Å². The summed E-state index contributed by atoms with van der Waals surface area (Å²) in [5.74, 6) is 5.22. The van der Waals surface area contributed by atoms with Crippen LogP contribution in [0.3, 0.4) is 0 Å². The smallest absolute Gasteiger partial charge is 0.0253 e. The summed E-state index contributed by atoms with van der Waals surface area (Å²) in [6.07, 6.45) is 8.79. The maximum atomic E-state index is 3.30. The Kier molecular flexibility index (Phi) is 12.1. The molecule has 0 nitrogen and oxygen atoms in total. The third kappa shape index (κ3) is 8.07. The fourth-order valence-corrected chi connectivity index (χ4v) is 9.69. The molecule has 4 bridgehead atoms. The van der Waals surface area contributed by atoms with Crippen molar-refractivity contribution in [3.05, 3.63) is 160 Å².